The number of anilines is 1. The fourth-order valence-corrected chi connectivity index (χ4v) is 3.48. The zero-order chi connectivity index (χ0) is 17.2. The van der Waals surface area contributed by atoms with Gasteiger partial charge in [0.2, 0.25) is 0 Å². The Kier molecular flexibility index (Phi) is 4.79. The molecule has 130 valence electrons. The molecule has 0 aromatic carbocycles. The van der Waals surface area contributed by atoms with Gasteiger partial charge in [-0.1, -0.05) is 0 Å². The molecule has 3 rings (SSSR count). The Balaban J connectivity index is 1.63. The van der Waals surface area contributed by atoms with Crippen molar-refractivity contribution in [1.82, 2.24) is 15.1 Å². The number of alkyl halides is 3. The summed E-state index contributed by atoms with van der Waals surface area (Å²) in [5.74, 6) is 0. The van der Waals surface area contributed by atoms with Gasteiger partial charge in [0.15, 0.2) is 5.69 Å². The van der Waals surface area contributed by atoms with Crippen LogP contribution in [-0.4, -0.2) is 22.4 Å². The molecule has 2 aromatic rings. The van der Waals surface area contributed by atoms with Crippen molar-refractivity contribution in [2.75, 3.05) is 11.9 Å². The van der Waals surface area contributed by atoms with Gasteiger partial charge in [0.25, 0.3) is 0 Å². The van der Waals surface area contributed by atoms with Crippen molar-refractivity contribution >= 4 is 22.4 Å². The quantitative estimate of drug-likeness (QED) is 0.876. The van der Waals surface area contributed by atoms with Gasteiger partial charge in [0.05, 0.1) is 11.5 Å². The van der Waals surface area contributed by atoms with Crippen LogP contribution in [0, 0.1) is 0 Å². The summed E-state index contributed by atoms with van der Waals surface area (Å²) in [5, 5.41) is 11.6. The van der Waals surface area contributed by atoms with Crippen LogP contribution in [0.25, 0.3) is 0 Å². The fraction of sp³-hybridized carbons (Fsp3) is 0.467. The van der Waals surface area contributed by atoms with Gasteiger partial charge in [-0.15, -0.1) is 11.3 Å². The van der Waals surface area contributed by atoms with Crippen molar-refractivity contribution in [2.45, 2.75) is 38.4 Å². The number of halogens is 3. The molecule has 1 aliphatic rings. The smallest absolute Gasteiger partial charge is 0.336 e. The standard InChI is InChI=1S/C15H17F3N4OS/c16-15(17,18)13-10-4-1-2-5-11(10)22(21-13)8-7-19-14(23)20-12-6-3-9-24-12/h3,6,9H,1-2,4-5,7-8H2,(H2,19,20,23). The molecule has 2 amide bonds. The minimum Gasteiger partial charge on any atom is -0.336 e. The van der Waals surface area contributed by atoms with E-state index in [4.69, 9.17) is 0 Å². The maximum Gasteiger partial charge on any atom is 0.435 e. The number of hydrogen-bond donors (Lipinski definition) is 2. The van der Waals surface area contributed by atoms with Gasteiger partial charge in [0.1, 0.15) is 0 Å². The van der Waals surface area contributed by atoms with Gasteiger partial charge in [-0.3, -0.25) is 10.00 Å². The van der Waals surface area contributed by atoms with Gasteiger partial charge in [0, 0.05) is 17.8 Å². The Hall–Kier alpha value is -2.03. The molecular formula is C15H17F3N4OS. The highest BCUT2D eigenvalue weighted by molar-refractivity contribution is 7.14. The second-order valence-electron chi connectivity index (χ2n) is 5.56. The van der Waals surface area contributed by atoms with E-state index in [9.17, 15) is 18.0 Å². The number of hydrogen-bond acceptors (Lipinski definition) is 3. The summed E-state index contributed by atoms with van der Waals surface area (Å²) in [5.41, 5.74) is 0.186. The Morgan fingerprint density at radius 2 is 2.12 bits per heavy atom. The van der Waals surface area contributed by atoms with E-state index in [-0.39, 0.29) is 19.1 Å². The molecule has 0 fully saturated rings. The number of aromatic nitrogens is 2. The summed E-state index contributed by atoms with van der Waals surface area (Å²) in [6, 6.07) is 3.20. The van der Waals surface area contributed by atoms with E-state index < -0.39 is 11.9 Å². The molecular weight excluding hydrogens is 341 g/mol. The minimum atomic E-state index is -4.43. The predicted molar refractivity (Wildman–Crippen MR) is 85.2 cm³/mol. The average molecular weight is 358 g/mol. The van der Waals surface area contributed by atoms with E-state index in [1.54, 1.807) is 6.07 Å². The molecule has 2 aromatic heterocycles. The summed E-state index contributed by atoms with van der Waals surface area (Å²) in [6.07, 6.45) is -1.81. The number of carbonyl (C=O) groups excluding carboxylic acids is 1. The lowest BCUT2D eigenvalue weighted by Gasteiger charge is -2.15. The summed E-state index contributed by atoms with van der Waals surface area (Å²) in [7, 11) is 0. The molecule has 0 saturated heterocycles. The summed E-state index contributed by atoms with van der Waals surface area (Å²) >= 11 is 1.39. The minimum absolute atomic E-state index is 0.211. The SMILES string of the molecule is O=C(NCCn1nc(C(F)(F)F)c2c1CCCC2)Nc1cccs1. The van der Waals surface area contributed by atoms with Gasteiger partial charge in [-0.05, 0) is 43.2 Å². The van der Waals surface area contributed by atoms with Crippen LogP contribution in [0.3, 0.4) is 0 Å². The molecule has 2 N–H and O–H groups in total. The van der Waals surface area contributed by atoms with Crippen LogP contribution in [-0.2, 0) is 25.6 Å². The van der Waals surface area contributed by atoms with Gasteiger partial charge in [-0.25, -0.2) is 4.79 Å². The Morgan fingerprint density at radius 3 is 2.83 bits per heavy atom. The van der Waals surface area contributed by atoms with Gasteiger partial charge >= 0.3 is 12.2 Å². The Labute approximate surface area is 140 Å². The lowest BCUT2D eigenvalue weighted by Crippen LogP contribution is -2.31. The van der Waals surface area contributed by atoms with Crippen LogP contribution in [0.2, 0.25) is 0 Å². The third-order valence-electron chi connectivity index (χ3n) is 3.89. The summed E-state index contributed by atoms with van der Waals surface area (Å²) in [6.45, 7) is 0.429. The number of amides is 2. The largest absolute Gasteiger partial charge is 0.435 e. The van der Waals surface area contributed by atoms with E-state index in [0.717, 1.165) is 12.8 Å². The second-order valence-corrected chi connectivity index (χ2v) is 6.51. The van der Waals surface area contributed by atoms with E-state index in [1.807, 2.05) is 11.4 Å². The van der Waals surface area contributed by atoms with Crippen molar-refractivity contribution in [3.8, 4) is 0 Å². The number of rotatable bonds is 4. The number of nitrogens with one attached hydrogen (secondary N) is 2. The molecule has 1 aliphatic carbocycles. The highest BCUT2D eigenvalue weighted by atomic mass is 32.1. The van der Waals surface area contributed by atoms with E-state index in [2.05, 4.69) is 15.7 Å². The van der Waals surface area contributed by atoms with Crippen LogP contribution >= 0.6 is 11.3 Å². The van der Waals surface area contributed by atoms with Crippen molar-refractivity contribution in [1.29, 1.82) is 0 Å². The number of thiophene rings is 1. The number of fused-ring (bicyclic) bond motifs is 1. The van der Waals surface area contributed by atoms with Crippen LogP contribution in [0.5, 0.6) is 0 Å². The molecule has 9 heteroatoms. The fourth-order valence-electron chi connectivity index (χ4n) is 2.86. The predicted octanol–water partition coefficient (Wildman–Crippen LogP) is 3.66. The van der Waals surface area contributed by atoms with E-state index in [1.165, 1.54) is 16.0 Å². The zero-order valence-corrected chi connectivity index (χ0v) is 13.6. The molecule has 0 radical (unpaired) electrons. The second kappa shape index (κ2) is 6.84. The Bertz CT molecular complexity index is 709. The van der Waals surface area contributed by atoms with Crippen LogP contribution < -0.4 is 10.6 Å². The first-order chi connectivity index (χ1) is 11.4. The molecule has 2 heterocycles. The summed E-state index contributed by atoms with van der Waals surface area (Å²) < 4.78 is 40.7. The molecule has 0 atom stereocenters. The van der Waals surface area contributed by atoms with E-state index >= 15 is 0 Å². The molecule has 5 nitrogen and oxygen atoms in total. The number of carbonyl (C=O) groups is 1. The average Bonchev–Trinajstić information content (AvgIpc) is 3.15. The molecule has 0 bridgehead atoms. The first-order valence-electron chi connectivity index (χ1n) is 7.69. The lowest BCUT2D eigenvalue weighted by molar-refractivity contribution is -0.142. The van der Waals surface area contributed by atoms with Crippen molar-refractivity contribution in [3.63, 3.8) is 0 Å². The Morgan fingerprint density at radius 1 is 1.33 bits per heavy atom. The monoisotopic (exact) mass is 358 g/mol. The topological polar surface area (TPSA) is 59.0 Å². The molecule has 0 saturated carbocycles. The maximum atomic E-state index is 13.1. The highest BCUT2D eigenvalue weighted by Gasteiger charge is 2.39. The molecule has 0 spiro atoms. The third kappa shape index (κ3) is 3.72. The first kappa shape index (κ1) is 16.8. The first-order valence-corrected chi connectivity index (χ1v) is 8.57. The summed E-state index contributed by atoms with van der Waals surface area (Å²) in [4.78, 5) is 11.7. The number of urea groups is 1. The van der Waals surface area contributed by atoms with E-state index in [0.29, 0.717) is 29.1 Å². The normalized spacial score (nSPS) is 14.3. The molecule has 24 heavy (non-hydrogen) atoms. The maximum absolute atomic E-state index is 13.1. The highest BCUT2D eigenvalue weighted by Crippen LogP contribution is 2.35. The van der Waals surface area contributed by atoms with Gasteiger partial charge < -0.3 is 5.32 Å². The van der Waals surface area contributed by atoms with Crippen molar-refractivity contribution in [3.05, 3.63) is 34.5 Å². The molecule has 0 aliphatic heterocycles. The lowest BCUT2D eigenvalue weighted by atomic mass is 9.95. The van der Waals surface area contributed by atoms with Crippen LogP contribution in [0.4, 0.5) is 23.0 Å². The third-order valence-corrected chi connectivity index (χ3v) is 4.68. The van der Waals surface area contributed by atoms with Crippen molar-refractivity contribution in [2.24, 2.45) is 0 Å². The van der Waals surface area contributed by atoms with Crippen LogP contribution in [0.15, 0.2) is 17.5 Å². The van der Waals surface area contributed by atoms with Crippen molar-refractivity contribution < 1.29 is 18.0 Å². The zero-order valence-electron chi connectivity index (χ0n) is 12.8. The van der Waals surface area contributed by atoms with Crippen LogP contribution in [0.1, 0.15) is 29.8 Å². The number of nitrogens with zero attached hydrogens (tertiary/aromatic N) is 2. The molecule has 0 unspecified atom stereocenters. The van der Waals surface area contributed by atoms with Gasteiger partial charge in [-0.2, -0.15) is 18.3 Å².